The largest absolute Gasteiger partial charge is 0.480 e. The quantitative estimate of drug-likeness (QED) is 0.924. The SMILES string of the molecule is CC1(C(=O)O)CCCN1S(=O)(=O)Cc1cccc2cccnc12. The number of sulfonamides is 1. The summed E-state index contributed by atoms with van der Waals surface area (Å²) in [6.45, 7) is 1.71. The van der Waals surface area contributed by atoms with Crippen LogP contribution in [0.1, 0.15) is 25.3 Å². The maximum absolute atomic E-state index is 12.8. The first-order valence-electron chi connectivity index (χ1n) is 7.41. The van der Waals surface area contributed by atoms with E-state index in [1.165, 1.54) is 6.92 Å². The summed E-state index contributed by atoms with van der Waals surface area (Å²) in [6, 6.07) is 9.05. The Morgan fingerprint density at radius 2 is 2.09 bits per heavy atom. The van der Waals surface area contributed by atoms with Crippen molar-refractivity contribution in [2.45, 2.75) is 31.1 Å². The van der Waals surface area contributed by atoms with Crippen LogP contribution in [0, 0.1) is 0 Å². The second-order valence-corrected chi connectivity index (χ2v) is 7.90. The van der Waals surface area contributed by atoms with Crippen LogP contribution < -0.4 is 0 Å². The van der Waals surface area contributed by atoms with Crippen molar-refractivity contribution in [3.63, 3.8) is 0 Å². The average molecular weight is 334 g/mol. The molecule has 1 aromatic carbocycles. The van der Waals surface area contributed by atoms with E-state index in [1.807, 2.05) is 12.1 Å². The minimum atomic E-state index is -3.74. The molecule has 7 heteroatoms. The lowest BCUT2D eigenvalue weighted by Gasteiger charge is -2.30. The highest BCUT2D eigenvalue weighted by atomic mass is 32.2. The van der Waals surface area contributed by atoms with Crippen LogP contribution in [-0.4, -0.2) is 40.9 Å². The number of aromatic nitrogens is 1. The number of rotatable bonds is 4. The zero-order chi connectivity index (χ0) is 16.7. The number of fused-ring (bicyclic) bond motifs is 1. The Bertz CT molecular complexity index is 860. The van der Waals surface area contributed by atoms with Gasteiger partial charge in [-0.05, 0) is 31.4 Å². The van der Waals surface area contributed by atoms with Crippen molar-refractivity contribution in [2.75, 3.05) is 6.54 Å². The Balaban J connectivity index is 1.99. The lowest BCUT2D eigenvalue weighted by molar-refractivity contribution is -0.146. The van der Waals surface area contributed by atoms with Gasteiger partial charge >= 0.3 is 5.97 Å². The van der Waals surface area contributed by atoms with E-state index in [9.17, 15) is 18.3 Å². The summed E-state index contributed by atoms with van der Waals surface area (Å²) in [6.07, 6.45) is 2.50. The first-order valence-corrected chi connectivity index (χ1v) is 9.02. The average Bonchev–Trinajstić information content (AvgIpc) is 2.92. The van der Waals surface area contributed by atoms with E-state index >= 15 is 0 Å². The monoisotopic (exact) mass is 334 g/mol. The topological polar surface area (TPSA) is 87.6 Å². The van der Waals surface area contributed by atoms with Crippen molar-refractivity contribution in [3.8, 4) is 0 Å². The molecular weight excluding hydrogens is 316 g/mol. The fourth-order valence-electron chi connectivity index (χ4n) is 3.16. The highest BCUT2D eigenvalue weighted by molar-refractivity contribution is 7.88. The molecule has 2 heterocycles. The van der Waals surface area contributed by atoms with Crippen LogP contribution in [0.25, 0.3) is 10.9 Å². The molecule has 23 heavy (non-hydrogen) atoms. The minimum absolute atomic E-state index is 0.239. The highest BCUT2D eigenvalue weighted by Gasteiger charge is 2.49. The van der Waals surface area contributed by atoms with Gasteiger partial charge in [0.25, 0.3) is 0 Å². The number of carboxylic acids is 1. The molecule has 0 bridgehead atoms. The van der Waals surface area contributed by atoms with Gasteiger partial charge in [0.05, 0.1) is 11.3 Å². The Hall–Kier alpha value is -1.99. The van der Waals surface area contributed by atoms with Crippen LogP contribution in [0.3, 0.4) is 0 Å². The number of hydrogen-bond donors (Lipinski definition) is 1. The van der Waals surface area contributed by atoms with Gasteiger partial charge in [-0.3, -0.25) is 9.78 Å². The number of pyridine rings is 1. The van der Waals surface area contributed by atoms with Crippen LogP contribution >= 0.6 is 0 Å². The van der Waals surface area contributed by atoms with Gasteiger partial charge in [0.1, 0.15) is 5.54 Å². The molecule has 1 aromatic heterocycles. The van der Waals surface area contributed by atoms with Crippen molar-refractivity contribution in [2.24, 2.45) is 0 Å². The standard InChI is InChI=1S/C16H18N2O4S/c1-16(15(19)20)8-4-10-18(16)23(21,22)11-13-6-2-5-12-7-3-9-17-14(12)13/h2-3,5-7,9H,4,8,10-11H2,1H3,(H,19,20). The van der Waals surface area contributed by atoms with Gasteiger partial charge in [0.15, 0.2) is 0 Å². The summed E-state index contributed by atoms with van der Waals surface area (Å²) in [7, 11) is -3.74. The Morgan fingerprint density at radius 3 is 2.83 bits per heavy atom. The zero-order valence-electron chi connectivity index (χ0n) is 12.8. The number of carboxylic acid groups (broad SMARTS) is 1. The third-order valence-electron chi connectivity index (χ3n) is 4.43. The fraction of sp³-hybridized carbons (Fsp3) is 0.375. The first-order chi connectivity index (χ1) is 10.8. The number of nitrogens with zero attached hydrogens (tertiary/aromatic N) is 2. The number of benzene rings is 1. The predicted octanol–water partition coefficient (Wildman–Crippen LogP) is 2.00. The van der Waals surface area contributed by atoms with E-state index in [1.54, 1.807) is 24.4 Å². The number of aliphatic carboxylic acids is 1. The summed E-state index contributed by atoms with van der Waals surface area (Å²) in [4.78, 5) is 15.8. The molecule has 1 aliphatic heterocycles. The summed E-state index contributed by atoms with van der Waals surface area (Å²) < 4.78 is 26.7. The third-order valence-corrected chi connectivity index (χ3v) is 6.36. The molecule has 3 rings (SSSR count). The second-order valence-electron chi connectivity index (χ2n) is 6.00. The van der Waals surface area contributed by atoms with E-state index < -0.39 is 21.5 Å². The molecule has 1 fully saturated rings. The van der Waals surface area contributed by atoms with Crippen molar-refractivity contribution < 1.29 is 18.3 Å². The van der Waals surface area contributed by atoms with Crippen LogP contribution in [0.15, 0.2) is 36.5 Å². The molecule has 1 atom stereocenters. The van der Waals surface area contributed by atoms with Gasteiger partial charge in [-0.25, -0.2) is 8.42 Å². The molecule has 0 amide bonds. The third kappa shape index (κ3) is 2.70. The van der Waals surface area contributed by atoms with Gasteiger partial charge in [-0.2, -0.15) is 4.31 Å². The molecule has 122 valence electrons. The van der Waals surface area contributed by atoms with E-state index in [-0.39, 0.29) is 12.3 Å². The maximum atomic E-state index is 12.8. The predicted molar refractivity (Wildman–Crippen MR) is 86.3 cm³/mol. The van der Waals surface area contributed by atoms with E-state index in [0.29, 0.717) is 23.9 Å². The lowest BCUT2D eigenvalue weighted by Crippen LogP contribution is -2.50. The molecule has 1 aliphatic rings. The van der Waals surface area contributed by atoms with Crippen LogP contribution in [-0.2, 0) is 20.6 Å². The van der Waals surface area contributed by atoms with Crippen LogP contribution in [0.4, 0.5) is 0 Å². The van der Waals surface area contributed by atoms with E-state index in [4.69, 9.17) is 0 Å². The molecule has 0 aliphatic carbocycles. The van der Waals surface area contributed by atoms with Crippen molar-refractivity contribution in [1.82, 2.24) is 9.29 Å². The van der Waals surface area contributed by atoms with Crippen LogP contribution in [0.5, 0.6) is 0 Å². The molecule has 0 saturated carbocycles. The van der Waals surface area contributed by atoms with E-state index in [0.717, 1.165) is 9.69 Å². The molecule has 1 N–H and O–H groups in total. The van der Waals surface area contributed by atoms with Crippen molar-refractivity contribution in [3.05, 3.63) is 42.1 Å². The molecule has 1 saturated heterocycles. The second kappa shape index (κ2) is 5.58. The normalized spacial score (nSPS) is 22.5. The Labute approximate surface area is 134 Å². The summed E-state index contributed by atoms with van der Waals surface area (Å²) in [5, 5.41) is 10.3. The summed E-state index contributed by atoms with van der Waals surface area (Å²) in [5.74, 6) is -1.35. The first kappa shape index (κ1) is 15.9. The summed E-state index contributed by atoms with van der Waals surface area (Å²) in [5.41, 5.74) is -0.144. The van der Waals surface area contributed by atoms with Gasteiger partial charge < -0.3 is 5.11 Å². The molecule has 0 radical (unpaired) electrons. The number of hydrogen-bond acceptors (Lipinski definition) is 4. The van der Waals surface area contributed by atoms with Crippen molar-refractivity contribution in [1.29, 1.82) is 0 Å². The molecule has 2 aromatic rings. The van der Waals surface area contributed by atoms with Gasteiger partial charge in [-0.15, -0.1) is 0 Å². The van der Waals surface area contributed by atoms with Crippen LogP contribution in [0.2, 0.25) is 0 Å². The molecule has 0 spiro atoms. The number of para-hydroxylation sites is 1. The highest BCUT2D eigenvalue weighted by Crippen LogP contribution is 2.33. The van der Waals surface area contributed by atoms with Gasteiger partial charge in [0, 0.05) is 18.1 Å². The molecular formula is C16H18N2O4S. The Kier molecular flexibility index (Phi) is 3.85. The molecule has 1 unspecified atom stereocenters. The van der Waals surface area contributed by atoms with E-state index in [2.05, 4.69) is 4.98 Å². The lowest BCUT2D eigenvalue weighted by atomic mass is 10.0. The fourth-order valence-corrected chi connectivity index (χ4v) is 5.13. The summed E-state index contributed by atoms with van der Waals surface area (Å²) >= 11 is 0. The van der Waals surface area contributed by atoms with Gasteiger partial charge in [0.2, 0.25) is 10.0 Å². The molecule has 6 nitrogen and oxygen atoms in total. The smallest absolute Gasteiger partial charge is 0.324 e. The number of carbonyl (C=O) groups is 1. The van der Waals surface area contributed by atoms with Crippen molar-refractivity contribution >= 4 is 26.9 Å². The Morgan fingerprint density at radius 1 is 1.35 bits per heavy atom. The zero-order valence-corrected chi connectivity index (χ0v) is 13.6. The van der Waals surface area contributed by atoms with Gasteiger partial charge in [-0.1, -0.05) is 24.3 Å². The maximum Gasteiger partial charge on any atom is 0.324 e. The minimum Gasteiger partial charge on any atom is -0.480 e.